The number of carboxylic acid groups (broad SMARTS) is 2. The van der Waals surface area contributed by atoms with Gasteiger partial charge in [-0.15, -0.1) is 0 Å². The molecule has 0 radical (unpaired) electrons. The van der Waals surface area contributed by atoms with Crippen molar-refractivity contribution in [2.45, 2.75) is 37.8 Å². The summed E-state index contributed by atoms with van der Waals surface area (Å²) in [7, 11) is 6.12. The van der Waals surface area contributed by atoms with Gasteiger partial charge >= 0.3 is 11.9 Å². The number of hydrogen-bond donors (Lipinski definition) is 2. The summed E-state index contributed by atoms with van der Waals surface area (Å²) < 4.78 is 0. The largest absolute Gasteiger partial charge is 0.478 e. The van der Waals surface area contributed by atoms with Gasteiger partial charge in [0.1, 0.15) is 0 Å². The molecule has 1 aliphatic rings. The van der Waals surface area contributed by atoms with Crippen LogP contribution in [0.5, 0.6) is 0 Å². The van der Waals surface area contributed by atoms with Crippen LogP contribution in [0.2, 0.25) is 5.02 Å². The number of likely N-dealkylation sites (N-methyl/N-ethyl adjacent to an activating group) is 2. The van der Waals surface area contributed by atoms with E-state index in [1.54, 1.807) is 24.3 Å². The third-order valence-electron chi connectivity index (χ3n) is 4.63. The van der Waals surface area contributed by atoms with E-state index in [2.05, 4.69) is 19.0 Å². The maximum absolute atomic E-state index is 12.6. The molecular formula is C20H27ClN2O5. The lowest BCUT2D eigenvalue weighted by Crippen LogP contribution is -2.51. The summed E-state index contributed by atoms with van der Waals surface area (Å²) in [4.78, 5) is 35.9. The number of carbonyl (C=O) groups is 3. The molecule has 0 bridgehead atoms. The molecule has 2 atom stereocenters. The van der Waals surface area contributed by atoms with Crippen LogP contribution in [0.15, 0.2) is 36.4 Å². The van der Waals surface area contributed by atoms with Crippen molar-refractivity contribution in [1.29, 1.82) is 0 Å². The molecular weight excluding hydrogens is 384 g/mol. The van der Waals surface area contributed by atoms with Crippen molar-refractivity contribution in [1.82, 2.24) is 9.80 Å². The second-order valence-electron chi connectivity index (χ2n) is 6.82. The van der Waals surface area contributed by atoms with Gasteiger partial charge in [0.2, 0.25) is 0 Å². The van der Waals surface area contributed by atoms with Crippen LogP contribution in [0.3, 0.4) is 0 Å². The standard InChI is InChI=1S/C16H23ClN2O.C4H4O4/c1-18(2)14-6-4-5-7-15(14)19(3)16(20)12-8-10-13(17)11-9-12;5-3(6)1-2-4(7)8/h8-11,14-15H,4-7H2,1-3H3;1-2H,(H,5,6)(H,7,8)/t14-,15-;/m1./s1. The fourth-order valence-corrected chi connectivity index (χ4v) is 3.36. The third kappa shape index (κ3) is 7.70. The van der Waals surface area contributed by atoms with Crippen LogP contribution in [0.1, 0.15) is 36.0 Å². The van der Waals surface area contributed by atoms with Gasteiger partial charge in [0.05, 0.1) is 0 Å². The molecule has 28 heavy (non-hydrogen) atoms. The molecule has 2 N–H and O–H groups in total. The molecule has 1 fully saturated rings. The number of rotatable bonds is 5. The van der Waals surface area contributed by atoms with E-state index < -0.39 is 11.9 Å². The van der Waals surface area contributed by atoms with Gasteiger partial charge in [0.15, 0.2) is 0 Å². The maximum atomic E-state index is 12.6. The van der Waals surface area contributed by atoms with Crippen molar-refractivity contribution in [2.75, 3.05) is 21.1 Å². The molecule has 1 saturated carbocycles. The third-order valence-corrected chi connectivity index (χ3v) is 4.89. The minimum atomic E-state index is -1.26. The Hall–Kier alpha value is -2.38. The Morgan fingerprint density at radius 2 is 1.39 bits per heavy atom. The Bertz CT molecular complexity index is 687. The molecule has 0 heterocycles. The summed E-state index contributed by atoms with van der Waals surface area (Å²) in [6.07, 6.45) is 5.81. The van der Waals surface area contributed by atoms with Crippen LogP contribution in [-0.4, -0.2) is 71.1 Å². The van der Waals surface area contributed by atoms with Crippen LogP contribution >= 0.6 is 11.6 Å². The van der Waals surface area contributed by atoms with Crippen LogP contribution in [-0.2, 0) is 9.59 Å². The van der Waals surface area contributed by atoms with Gasteiger partial charge in [-0.1, -0.05) is 24.4 Å². The zero-order valence-corrected chi connectivity index (χ0v) is 17.1. The molecule has 0 saturated heterocycles. The average Bonchev–Trinajstić information content (AvgIpc) is 2.66. The molecule has 0 aliphatic heterocycles. The average molecular weight is 411 g/mol. The van der Waals surface area contributed by atoms with E-state index in [9.17, 15) is 14.4 Å². The molecule has 2 rings (SSSR count). The number of nitrogens with zero attached hydrogens (tertiary/aromatic N) is 2. The van der Waals surface area contributed by atoms with Crippen LogP contribution < -0.4 is 0 Å². The summed E-state index contributed by atoms with van der Waals surface area (Å²) in [5.41, 5.74) is 0.708. The summed E-state index contributed by atoms with van der Waals surface area (Å²) in [5.74, 6) is -2.43. The normalized spacial score (nSPS) is 19.0. The summed E-state index contributed by atoms with van der Waals surface area (Å²) in [6, 6.07) is 7.88. The molecule has 1 aromatic carbocycles. The number of aliphatic carboxylic acids is 2. The number of amides is 1. The number of carboxylic acids is 2. The maximum Gasteiger partial charge on any atom is 0.328 e. The van der Waals surface area contributed by atoms with E-state index in [1.807, 2.05) is 11.9 Å². The van der Waals surface area contributed by atoms with Gasteiger partial charge in [-0.2, -0.15) is 0 Å². The number of halogens is 1. The topological polar surface area (TPSA) is 98.2 Å². The number of hydrogen-bond acceptors (Lipinski definition) is 4. The Kier molecular flexibility index (Phi) is 9.68. The molecule has 0 spiro atoms. The monoisotopic (exact) mass is 410 g/mol. The SMILES string of the molecule is CN(C)[C@@H]1CCCC[C@H]1N(C)C(=O)c1ccc(Cl)cc1.O=C(O)C=CC(=O)O. The Morgan fingerprint density at radius 3 is 1.82 bits per heavy atom. The van der Waals surface area contributed by atoms with E-state index >= 15 is 0 Å². The smallest absolute Gasteiger partial charge is 0.328 e. The summed E-state index contributed by atoms with van der Waals surface area (Å²) in [6.45, 7) is 0. The zero-order valence-electron chi connectivity index (χ0n) is 16.3. The van der Waals surface area contributed by atoms with Gasteiger partial charge in [0, 0.05) is 41.9 Å². The molecule has 8 heteroatoms. The minimum Gasteiger partial charge on any atom is -0.478 e. The highest BCUT2D eigenvalue weighted by atomic mass is 35.5. The second-order valence-corrected chi connectivity index (χ2v) is 7.25. The highest BCUT2D eigenvalue weighted by molar-refractivity contribution is 6.30. The van der Waals surface area contributed by atoms with E-state index in [-0.39, 0.29) is 5.91 Å². The molecule has 154 valence electrons. The molecule has 1 aromatic rings. The van der Waals surface area contributed by atoms with Gasteiger partial charge in [0.25, 0.3) is 5.91 Å². The Balaban J connectivity index is 0.000000416. The first-order valence-corrected chi connectivity index (χ1v) is 9.34. The van der Waals surface area contributed by atoms with Crippen LogP contribution in [0.4, 0.5) is 0 Å². The Labute approximate surface area is 170 Å². The Morgan fingerprint density at radius 1 is 0.929 bits per heavy atom. The lowest BCUT2D eigenvalue weighted by molar-refractivity contribution is -0.134. The predicted octanol–water partition coefficient (Wildman–Crippen LogP) is 3.00. The molecule has 7 nitrogen and oxygen atoms in total. The summed E-state index contributed by atoms with van der Waals surface area (Å²) in [5, 5.41) is 16.3. The highest BCUT2D eigenvalue weighted by Gasteiger charge is 2.32. The van der Waals surface area contributed by atoms with E-state index in [0.717, 1.165) is 12.8 Å². The predicted molar refractivity (Wildman–Crippen MR) is 108 cm³/mol. The van der Waals surface area contributed by atoms with Crippen LogP contribution in [0.25, 0.3) is 0 Å². The molecule has 0 aromatic heterocycles. The van der Waals surface area contributed by atoms with Gasteiger partial charge < -0.3 is 20.0 Å². The van der Waals surface area contributed by atoms with Gasteiger partial charge in [-0.3, -0.25) is 4.79 Å². The second kappa shape index (κ2) is 11.5. The molecule has 0 unspecified atom stereocenters. The lowest BCUT2D eigenvalue weighted by atomic mass is 9.88. The van der Waals surface area contributed by atoms with Gasteiger partial charge in [-0.25, -0.2) is 9.59 Å². The van der Waals surface area contributed by atoms with Gasteiger partial charge in [-0.05, 0) is 51.2 Å². The first-order valence-electron chi connectivity index (χ1n) is 8.96. The molecule has 1 amide bonds. The van der Waals surface area contributed by atoms with Crippen molar-refractivity contribution in [2.24, 2.45) is 0 Å². The van der Waals surface area contributed by atoms with Crippen LogP contribution in [0, 0.1) is 0 Å². The van der Waals surface area contributed by atoms with Crippen molar-refractivity contribution in [3.8, 4) is 0 Å². The number of carbonyl (C=O) groups excluding carboxylic acids is 1. The first kappa shape index (κ1) is 23.7. The summed E-state index contributed by atoms with van der Waals surface area (Å²) >= 11 is 5.88. The van der Waals surface area contributed by atoms with Crippen molar-refractivity contribution in [3.63, 3.8) is 0 Å². The van der Waals surface area contributed by atoms with Crippen molar-refractivity contribution >= 4 is 29.4 Å². The minimum absolute atomic E-state index is 0.0837. The van der Waals surface area contributed by atoms with Crippen molar-refractivity contribution in [3.05, 3.63) is 47.0 Å². The molecule has 1 aliphatic carbocycles. The fraction of sp³-hybridized carbons (Fsp3) is 0.450. The fourth-order valence-electron chi connectivity index (χ4n) is 3.24. The van der Waals surface area contributed by atoms with E-state index in [1.165, 1.54) is 12.8 Å². The zero-order chi connectivity index (χ0) is 21.3. The van der Waals surface area contributed by atoms with Crippen molar-refractivity contribution < 1.29 is 24.6 Å². The van der Waals surface area contributed by atoms with E-state index in [4.69, 9.17) is 21.8 Å². The number of benzene rings is 1. The quantitative estimate of drug-likeness (QED) is 0.724. The highest BCUT2D eigenvalue weighted by Crippen LogP contribution is 2.26. The van der Waals surface area contributed by atoms with E-state index in [0.29, 0.717) is 34.8 Å². The first-order chi connectivity index (χ1) is 13.1. The lowest BCUT2D eigenvalue weighted by Gasteiger charge is -2.41.